The summed E-state index contributed by atoms with van der Waals surface area (Å²) < 4.78 is 0. The second kappa shape index (κ2) is 6.60. The average molecular weight is 260 g/mol. The Hall–Kier alpha value is -1.51. The zero-order chi connectivity index (χ0) is 13.7. The number of amides is 1. The molecule has 1 aromatic carbocycles. The lowest BCUT2D eigenvalue weighted by molar-refractivity contribution is 0.0761. The maximum absolute atomic E-state index is 12.4. The highest BCUT2D eigenvalue weighted by Crippen LogP contribution is 2.17. The van der Waals surface area contributed by atoms with Gasteiger partial charge in [-0.1, -0.05) is 12.8 Å². The predicted octanol–water partition coefficient (Wildman–Crippen LogP) is 3.16. The molecule has 3 heteroatoms. The van der Waals surface area contributed by atoms with Crippen molar-refractivity contribution in [1.29, 1.82) is 0 Å². The average Bonchev–Trinajstić information content (AvgIpc) is 2.75. The molecule has 1 aliphatic rings. The maximum atomic E-state index is 12.4. The summed E-state index contributed by atoms with van der Waals surface area (Å²) in [6.45, 7) is 4.92. The molecule has 1 amide bonds. The Balaban J connectivity index is 2.06. The third-order valence-electron chi connectivity index (χ3n) is 3.92. The van der Waals surface area contributed by atoms with Crippen molar-refractivity contribution in [3.63, 3.8) is 0 Å². The molecular weight excluding hydrogens is 236 g/mol. The normalized spacial score (nSPS) is 16.0. The van der Waals surface area contributed by atoms with Crippen molar-refractivity contribution in [2.75, 3.05) is 31.6 Å². The van der Waals surface area contributed by atoms with Crippen molar-refractivity contribution >= 4 is 11.6 Å². The third kappa shape index (κ3) is 3.49. The number of carbonyl (C=O) groups excluding carboxylic acids is 1. The van der Waals surface area contributed by atoms with Gasteiger partial charge in [-0.2, -0.15) is 0 Å². The molecule has 0 radical (unpaired) electrons. The topological polar surface area (TPSA) is 23.6 Å². The molecule has 0 atom stereocenters. The van der Waals surface area contributed by atoms with Gasteiger partial charge in [0.1, 0.15) is 0 Å². The van der Waals surface area contributed by atoms with Crippen molar-refractivity contribution in [2.24, 2.45) is 0 Å². The van der Waals surface area contributed by atoms with Crippen LogP contribution in [-0.2, 0) is 0 Å². The Bertz CT molecular complexity index is 405. The van der Waals surface area contributed by atoms with Gasteiger partial charge in [0, 0.05) is 37.9 Å². The molecule has 0 unspecified atom stereocenters. The van der Waals surface area contributed by atoms with Crippen LogP contribution in [0.1, 0.15) is 43.0 Å². The Labute approximate surface area is 116 Å². The lowest BCUT2D eigenvalue weighted by Crippen LogP contribution is -2.31. The number of likely N-dealkylation sites (tertiary alicyclic amines) is 1. The molecule has 1 saturated heterocycles. The van der Waals surface area contributed by atoms with E-state index in [1.165, 1.54) is 12.8 Å². The van der Waals surface area contributed by atoms with Gasteiger partial charge >= 0.3 is 0 Å². The minimum atomic E-state index is 0.188. The van der Waals surface area contributed by atoms with Gasteiger partial charge in [-0.05, 0) is 44.0 Å². The standard InChI is InChI=1S/C16H24N2O/c1-3-17(2)15-10-8-14(9-11-15)16(19)18-12-6-4-5-7-13-18/h8-11H,3-7,12-13H2,1-2H3. The monoisotopic (exact) mass is 260 g/mol. The molecule has 0 aromatic heterocycles. The molecule has 1 heterocycles. The molecule has 3 nitrogen and oxygen atoms in total. The van der Waals surface area contributed by atoms with Gasteiger partial charge in [-0.25, -0.2) is 0 Å². The predicted molar refractivity (Wildman–Crippen MR) is 79.8 cm³/mol. The van der Waals surface area contributed by atoms with E-state index in [0.717, 1.165) is 43.7 Å². The highest BCUT2D eigenvalue weighted by Gasteiger charge is 2.17. The summed E-state index contributed by atoms with van der Waals surface area (Å²) in [7, 11) is 2.06. The summed E-state index contributed by atoms with van der Waals surface area (Å²) in [5, 5.41) is 0. The van der Waals surface area contributed by atoms with Crippen LogP contribution in [0.4, 0.5) is 5.69 Å². The largest absolute Gasteiger partial charge is 0.375 e. The summed E-state index contributed by atoms with van der Waals surface area (Å²) in [5.41, 5.74) is 1.98. The van der Waals surface area contributed by atoms with Gasteiger partial charge in [-0.3, -0.25) is 4.79 Å². The van der Waals surface area contributed by atoms with Crippen LogP contribution in [0.3, 0.4) is 0 Å². The molecule has 2 rings (SSSR count). The summed E-state index contributed by atoms with van der Waals surface area (Å²) in [5.74, 6) is 0.188. The van der Waals surface area contributed by atoms with Crippen LogP contribution >= 0.6 is 0 Å². The molecular formula is C16H24N2O. The molecule has 1 fully saturated rings. The molecule has 19 heavy (non-hydrogen) atoms. The number of anilines is 1. The number of rotatable bonds is 3. The van der Waals surface area contributed by atoms with E-state index in [0.29, 0.717) is 0 Å². The highest BCUT2D eigenvalue weighted by atomic mass is 16.2. The lowest BCUT2D eigenvalue weighted by Gasteiger charge is -2.21. The first kappa shape index (κ1) is 13.9. The van der Waals surface area contributed by atoms with Gasteiger partial charge in [0.2, 0.25) is 0 Å². The Morgan fingerprint density at radius 3 is 2.21 bits per heavy atom. The van der Waals surface area contributed by atoms with Crippen LogP contribution < -0.4 is 4.90 Å². The Morgan fingerprint density at radius 2 is 1.68 bits per heavy atom. The Morgan fingerprint density at radius 1 is 1.11 bits per heavy atom. The van der Waals surface area contributed by atoms with E-state index in [4.69, 9.17) is 0 Å². The first-order valence-electron chi connectivity index (χ1n) is 7.33. The van der Waals surface area contributed by atoms with E-state index in [1.807, 2.05) is 29.2 Å². The minimum absolute atomic E-state index is 0.188. The minimum Gasteiger partial charge on any atom is -0.375 e. The number of hydrogen-bond donors (Lipinski definition) is 0. The van der Waals surface area contributed by atoms with Gasteiger partial charge in [0.05, 0.1) is 0 Å². The first-order chi connectivity index (χ1) is 9.22. The van der Waals surface area contributed by atoms with Crippen LogP contribution in [0.5, 0.6) is 0 Å². The van der Waals surface area contributed by atoms with Crippen LogP contribution in [0, 0.1) is 0 Å². The van der Waals surface area contributed by atoms with Gasteiger partial charge in [-0.15, -0.1) is 0 Å². The highest BCUT2D eigenvalue weighted by molar-refractivity contribution is 5.94. The van der Waals surface area contributed by atoms with E-state index in [-0.39, 0.29) is 5.91 Å². The summed E-state index contributed by atoms with van der Waals surface area (Å²) >= 11 is 0. The second-order valence-electron chi connectivity index (χ2n) is 5.27. The zero-order valence-corrected chi connectivity index (χ0v) is 12.1. The Kier molecular flexibility index (Phi) is 4.83. The van der Waals surface area contributed by atoms with E-state index in [9.17, 15) is 4.79 Å². The smallest absolute Gasteiger partial charge is 0.253 e. The van der Waals surface area contributed by atoms with E-state index in [2.05, 4.69) is 18.9 Å². The van der Waals surface area contributed by atoms with Crippen molar-refractivity contribution in [1.82, 2.24) is 4.90 Å². The summed E-state index contributed by atoms with van der Waals surface area (Å²) in [6, 6.07) is 7.98. The zero-order valence-electron chi connectivity index (χ0n) is 12.1. The van der Waals surface area contributed by atoms with Crippen LogP contribution in [0.15, 0.2) is 24.3 Å². The summed E-state index contributed by atoms with van der Waals surface area (Å²) in [4.78, 5) is 16.6. The fourth-order valence-electron chi connectivity index (χ4n) is 2.50. The van der Waals surface area contributed by atoms with Crippen LogP contribution in [-0.4, -0.2) is 37.5 Å². The van der Waals surface area contributed by atoms with E-state index < -0.39 is 0 Å². The quantitative estimate of drug-likeness (QED) is 0.833. The van der Waals surface area contributed by atoms with E-state index >= 15 is 0 Å². The number of carbonyl (C=O) groups is 1. The molecule has 1 aliphatic heterocycles. The molecule has 1 aromatic rings. The van der Waals surface area contributed by atoms with Gasteiger partial charge in [0.25, 0.3) is 5.91 Å². The van der Waals surface area contributed by atoms with Crippen molar-refractivity contribution in [3.8, 4) is 0 Å². The molecule has 0 N–H and O–H groups in total. The second-order valence-corrected chi connectivity index (χ2v) is 5.27. The fraction of sp³-hybridized carbons (Fsp3) is 0.562. The molecule has 0 saturated carbocycles. The van der Waals surface area contributed by atoms with Crippen molar-refractivity contribution < 1.29 is 4.79 Å². The van der Waals surface area contributed by atoms with Crippen LogP contribution in [0.2, 0.25) is 0 Å². The fourth-order valence-corrected chi connectivity index (χ4v) is 2.50. The van der Waals surface area contributed by atoms with Crippen molar-refractivity contribution in [2.45, 2.75) is 32.6 Å². The van der Waals surface area contributed by atoms with Gasteiger partial charge in [0.15, 0.2) is 0 Å². The number of nitrogens with zero attached hydrogens (tertiary/aromatic N) is 2. The third-order valence-corrected chi connectivity index (χ3v) is 3.92. The van der Waals surface area contributed by atoms with E-state index in [1.54, 1.807) is 0 Å². The van der Waals surface area contributed by atoms with Crippen molar-refractivity contribution in [3.05, 3.63) is 29.8 Å². The summed E-state index contributed by atoms with van der Waals surface area (Å²) in [6.07, 6.45) is 4.79. The maximum Gasteiger partial charge on any atom is 0.253 e. The number of benzene rings is 1. The molecule has 0 bridgehead atoms. The van der Waals surface area contributed by atoms with Gasteiger partial charge < -0.3 is 9.80 Å². The lowest BCUT2D eigenvalue weighted by atomic mass is 10.1. The number of hydrogen-bond acceptors (Lipinski definition) is 2. The molecule has 0 spiro atoms. The molecule has 104 valence electrons. The molecule has 0 aliphatic carbocycles. The SMILES string of the molecule is CCN(C)c1ccc(C(=O)N2CCCCCC2)cc1. The van der Waals surface area contributed by atoms with Crippen LogP contribution in [0.25, 0.3) is 0 Å². The first-order valence-corrected chi connectivity index (χ1v) is 7.33.